The maximum Gasteiger partial charge on any atom is 0.271 e. The van der Waals surface area contributed by atoms with E-state index in [9.17, 15) is 9.00 Å². The van der Waals surface area contributed by atoms with Crippen LogP contribution in [0.5, 0.6) is 0 Å². The molecule has 0 saturated carbocycles. The van der Waals surface area contributed by atoms with Gasteiger partial charge in [-0.1, -0.05) is 11.6 Å². The van der Waals surface area contributed by atoms with Gasteiger partial charge in [0.15, 0.2) is 0 Å². The summed E-state index contributed by atoms with van der Waals surface area (Å²) in [6.07, 6.45) is 1.59. The molecule has 1 aromatic heterocycles. The Bertz CT molecular complexity index is 468. The molecular formula is C11H16ClN3O2S. The van der Waals surface area contributed by atoms with Crippen LogP contribution >= 0.6 is 11.6 Å². The van der Waals surface area contributed by atoms with E-state index >= 15 is 0 Å². The van der Waals surface area contributed by atoms with Crippen molar-refractivity contribution < 1.29 is 9.00 Å². The van der Waals surface area contributed by atoms with Gasteiger partial charge < -0.3 is 10.6 Å². The number of amides is 1. The minimum absolute atomic E-state index is 0.164. The van der Waals surface area contributed by atoms with Gasteiger partial charge in [-0.05, 0) is 19.1 Å². The number of carbonyl (C=O) groups is 1. The number of aromatic nitrogens is 1. The molecule has 0 aliphatic carbocycles. The maximum atomic E-state index is 11.9. The van der Waals surface area contributed by atoms with Crippen LogP contribution < -0.4 is 10.6 Å². The summed E-state index contributed by atoms with van der Waals surface area (Å²) in [4.78, 5) is 16.0. The second-order valence-electron chi connectivity index (χ2n) is 3.89. The number of pyridine rings is 1. The van der Waals surface area contributed by atoms with E-state index in [1.807, 2.05) is 0 Å². The van der Waals surface area contributed by atoms with Crippen LogP contribution in [0.3, 0.4) is 0 Å². The first-order valence-electron chi connectivity index (χ1n) is 5.39. The predicted octanol–water partition coefficient (Wildman–Crippen LogP) is 1.27. The standard InChI is InChI=1S/C11H16ClN3O2S/c1-7(6-18(3)17)14-11(16)10-8(12)4-5-9(13-2)15-10/h4-5,7H,6H2,1-3H3,(H,13,15)(H,14,16). The van der Waals surface area contributed by atoms with E-state index in [-0.39, 0.29) is 22.7 Å². The molecule has 5 nitrogen and oxygen atoms in total. The van der Waals surface area contributed by atoms with Crippen molar-refractivity contribution in [2.45, 2.75) is 13.0 Å². The van der Waals surface area contributed by atoms with Crippen molar-refractivity contribution in [1.82, 2.24) is 10.3 Å². The molecule has 0 saturated heterocycles. The Morgan fingerprint density at radius 1 is 1.56 bits per heavy atom. The summed E-state index contributed by atoms with van der Waals surface area (Å²) in [7, 11) is 0.749. The molecule has 0 bridgehead atoms. The molecule has 2 N–H and O–H groups in total. The fourth-order valence-corrected chi connectivity index (χ4v) is 2.41. The van der Waals surface area contributed by atoms with E-state index in [1.54, 1.807) is 32.4 Å². The van der Waals surface area contributed by atoms with Crippen LogP contribution in [0.25, 0.3) is 0 Å². The quantitative estimate of drug-likeness (QED) is 0.856. The van der Waals surface area contributed by atoms with E-state index in [4.69, 9.17) is 11.6 Å². The van der Waals surface area contributed by atoms with Crippen LogP contribution in [0.1, 0.15) is 17.4 Å². The van der Waals surface area contributed by atoms with Crippen LogP contribution in [0.2, 0.25) is 5.02 Å². The van der Waals surface area contributed by atoms with Gasteiger partial charge in [0.2, 0.25) is 0 Å². The third kappa shape index (κ3) is 4.27. The Kier molecular flexibility index (Phi) is 5.55. The van der Waals surface area contributed by atoms with Crippen molar-refractivity contribution in [2.24, 2.45) is 0 Å². The average molecular weight is 290 g/mol. The molecule has 0 spiro atoms. The Morgan fingerprint density at radius 3 is 2.78 bits per heavy atom. The number of hydrogen-bond acceptors (Lipinski definition) is 4. The highest BCUT2D eigenvalue weighted by Gasteiger charge is 2.15. The molecule has 1 amide bonds. The Hall–Kier alpha value is -1.14. The third-order valence-electron chi connectivity index (χ3n) is 2.18. The van der Waals surface area contributed by atoms with E-state index < -0.39 is 10.8 Å². The van der Waals surface area contributed by atoms with Gasteiger partial charge in [0.05, 0.1) is 5.02 Å². The van der Waals surface area contributed by atoms with Gasteiger partial charge in [0.25, 0.3) is 5.91 Å². The summed E-state index contributed by atoms with van der Waals surface area (Å²) < 4.78 is 11.0. The predicted molar refractivity (Wildman–Crippen MR) is 74.7 cm³/mol. The smallest absolute Gasteiger partial charge is 0.271 e. The lowest BCUT2D eigenvalue weighted by atomic mass is 10.3. The van der Waals surface area contributed by atoms with E-state index in [0.29, 0.717) is 11.6 Å². The summed E-state index contributed by atoms with van der Waals surface area (Å²) in [6, 6.07) is 3.10. The monoisotopic (exact) mass is 289 g/mol. The fraction of sp³-hybridized carbons (Fsp3) is 0.455. The van der Waals surface area contributed by atoms with Gasteiger partial charge in [-0.25, -0.2) is 4.98 Å². The molecule has 100 valence electrons. The molecule has 1 rings (SSSR count). The molecule has 0 radical (unpaired) electrons. The van der Waals surface area contributed by atoms with Gasteiger partial charge in [0, 0.05) is 35.9 Å². The van der Waals surface area contributed by atoms with Gasteiger partial charge in [-0.15, -0.1) is 0 Å². The molecule has 0 aromatic carbocycles. The molecule has 0 fully saturated rings. The second kappa shape index (κ2) is 6.70. The van der Waals surface area contributed by atoms with Crippen molar-refractivity contribution >= 4 is 34.1 Å². The van der Waals surface area contributed by atoms with Crippen LogP contribution in [0, 0.1) is 0 Å². The van der Waals surface area contributed by atoms with Gasteiger partial charge in [0.1, 0.15) is 11.5 Å². The zero-order valence-electron chi connectivity index (χ0n) is 10.5. The SMILES string of the molecule is CNc1ccc(Cl)c(C(=O)NC(C)CS(C)=O)n1. The van der Waals surface area contributed by atoms with Gasteiger partial charge >= 0.3 is 0 Å². The lowest BCUT2D eigenvalue weighted by Gasteiger charge is -2.13. The molecule has 0 aliphatic rings. The van der Waals surface area contributed by atoms with Crippen LogP contribution in [-0.2, 0) is 10.8 Å². The van der Waals surface area contributed by atoms with Crippen LogP contribution in [-0.4, -0.2) is 40.2 Å². The highest BCUT2D eigenvalue weighted by atomic mass is 35.5. The van der Waals surface area contributed by atoms with Crippen molar-refractivity contribution in [2.75, 3.05) is 24.4 Å². The van der Waals surface area contributed by atoms with E-state index in [1.165, 1.54) is 0 Å². The first kappa shape index (κ1) is 14.9. The van der Waals surface area contributed by atoms with E-state index in [0.717, 1.165) is 0 Å². The fourth-order valence-electron chi connectivity index (χ4n) is 1.43. The van der Waals surface area contributed by atoms with Crippen molar-refractivity contribution in [1.29, 1.82) is 0 Å². The number of nitrogens with zero attached hydrogens (tertiary/aromatic N) is 1. The van der Waals surface area contributed by atoms with Gasteiger partial charge in [-0.3, -0.25) is 9.00 Å². The highest BCUT2D eigenvalue weighted by molar-refractivity contribution is 7.84. The normalized spacial score (nSPS) is 13.8. The topological polar surface area (TPSA) is 71.1 Å². The second-order valence-corrected chi connectivity index (χ2v) is 5.78. The minimum Gasteiger partial charge on any atom is -0.373 e. The summed E-state index contributed by atoms with van der Waals surface area (Å²) in [5.41, 5.74) is 0.164. The first-order valence-corrected chi connectivity index (χ1v) is 7.49. The Balaban J connectivity index is 2.80. The zero-order chi connectivity index (χ0) is 13.7. The molecule has 1 aromatic rings. The van der Waals surface area contributed by atoms with Crippen molar-refractivity contribution in [3.8, 4) is 0 Å². The van der Waals surface area contributed by atoms with Gasteiger partial charge in [-0.2, -0.15) is 0 Å². The minimum atomic E-state index is -0.960. The molecule has 2 atom stereocenters. The number of anilines is 1. The molecular weight excluding hydrogens is 274 g/mol. The molecule has 7 heteroatoms. The summed E-state index contributed by atoms with van der Waals surface area (Å²) in [6.45, 7) is 1.79. The molecule has 1 heterocycles. The first-order chi connectivity index (χ1) is 8.43. The number of hydrogen-bond donors (Lipinski definition) is 2. The highest BCUT2D eigenvalue weighted by Crippen LogP contribution is 2.16. The molecule has 18 heavy (non-hydrogen) atoms. The third-order valence-corrected chi connectivity index (χ3v) is 3.45. The van der Waals surface area contributed by atoms with Crippen molar-refractivity contribution in [3.05, 3.63) is 22.8 Å². The van der Waals surface area contributed by atoms with Crippen LogP contribution in [0.15, 0.2) is 12.1 Å². The largest absolute Gasteiger partial charge is 0.373 e. The Labute approximate surface area is 114 Å². The number of nitrogens with one attached hydrogen (secondary N) is 2. The van der Waals surface area contributed by atoms with Crippen molar-refractivity contribution in [3.63, 3.8) is 0 Å². The average Bonchev–Trinajstić information content (AvgIpc) is 2.28. The lowest BCUT2D eigenvalue weighted by molar-refractivity contribution is 0.0939. The number of halogens is 1. The number of carbonyl (C=O) groups excluding carboxylic acids is 1. The summed E-state index contributed by atoms with van der Waals surface area (Å²) in [5, 5.41) is 5.84. The lowest BCUT2D eigenvalue weighted by Crippen LogP contribution is -2.36. The number of rotatable bonds is 5. The van der Waals surface area contributed by atoms with Crippen LogP contribution in [0.4, 0.5) is 5.82 Å². The molecule has 2 unspecified atom stereocenters. The summed E-state index contributed by atoms with van der Waals surface area (Å²) >= 11 is 5.93. The van der Waals surface area contributed by atoms with E-state index in [2.05, 4.69) is 15.6 Å². The maximum absolute atomic E-state index is 11.9. The summed E-state index contributed by atoms with van der Waals surface area (Å²) in [5.74, 6) is 0.598. The molecule has 0 aliphatic heterocycles. The zero-order valence-corrected chi connectivity index (χ0v) is 12.1. The Morgan fingerprint density at radius 2 is 2.22 bits per heavy atom.